The molecule has 20 heavy (non-hydrogen) atoms. The lowest BCUT2D eigenvalue weighted by Crippen LogP contribution is -2.13. The van der Waals surface area contributed by atoms with Gasteiger partial charge in [0.25, 0.3) is 0 Å². The van der Waals surface area contributed by atoms with Crippen LogP contribution in [0.2, 0.25) is 0 Å². The molecule has 0 radical (unpaired) electrons. The van der Waals surface area contributed by atoms with Crippen LogP contribution in [0.4, 0.5) is 5.82 Å². The number of rotatable bonds is 6. The predicted molar refractivity (Wildman–Crippen MR) is 79.6 cm³/mol. The molecule has 5 heteroatoms. The fourth-order valence-corrected chi connectivity index (χ4v) is 2.95. The summed E-state index contributed by atoms with van der Waals surface area (Å²) >= 11 is 0. The molecule has 0 unspecified atom stereocenters. The smallest absolute Gasteiger partial charge is 0.148 e. The number of hydrogen-bond donors (Lipinski definition) is 1. The standard InChI is InChI=1S/C15H23N5/c1-2-10-19-11-8-15(18-19)16-12-14-7-9-17-20(14)13-5-3-4-6-13/h7-9,11,13H,2-6,10,12H2,1H3,(H,16,18). The summed E-state index contributed by atoms with van der Waals surface area (Å²) < 4.78 is 4.18. The Kier molecular flexibility index (Phi) is 4.04. The fraction of sp³-hybridized carbons (Fsp3) is 0.600. The Hall–Kier alpha value is -1.78. The van der Waals surface area contributed by atoms with E-state index in [4.69, 9.17) is 0 Å². The molecule has 1 aliphatic carbocycles. The fourth-order valence-electron chi connectivity index (χ4n) is 2.95. The molecule has 2 aromatic rings. The van der Waals surface area contributed by atoms with Gasteiger partial charge in [-0.25, -0.2) is 0 Å². The maximum atomic E-state index is 4.50. The van der Waals surface area contributed by atoms with E-state index in [-0.39, 0.29) is 0 Å². The lowest BCUT2D eigenvalue weighted by Gasteiger charge is -2.14. The molecule has 108 valence electrons. The number of aryl methyl sites for hydroxylation is 1. The summed E-state index contributed by atoms with van der Waals surface area (Å²) in [6.45, 7) is 3.93. The van der Waals surface area contributed by atoms with Gasteiger partial charge < -0.3 is 5.32 Å². The van der Waals surface area contributed by atoms with Gasteiger partial charge in [0.05, 0.1) is 18.3 Å². The third kappa shape index (κ3) is 2.86. The molecule has 0 aromatic carbocycles. The van der Waals surface area contributed by atoms with Crippen molar-refractivity contribution in [1.82, 2.24) is 19.6 Å². The summed E-state index contributed by atoms with van der Waals surface area (Å²) in [5.74, 6) is 0.942. The second-order valence-electron chi connectivity index (χ2n) is 5.52. The summed E-state index contributed by atoms with van der Waals surface area (Å²) in [6, 6.07) is 4.74. The minimum absolute atomic E-state index is 0.597. The molecule has 0 saturated heterocycles. The summed E-state index contributed by atoms with van der Waals surface area (Å²) in [5.41, 5.74) is 1.25. The highest BCUT2D eigenvalue weighted by Crippen LogP contribution is 2.29. The Morgan fingerprint density at radius 2 is 2.15 bits per heavy atom. The van der Waals surface area contributed by atoms with E-state index in [1.807, 2.05) is 23.1 Å². The van der Waals surface area contributed by atoms with Gasteiger partial charge in [-0.15, -0.1) is 0 Å². The quantitative estimate of drug-likeness (QED) is 0.879. The summed E-state index contributed by atoms with van der Waals surface area (Å²) in [6.07, 6.45) is 10.2. The second kappa shape index (κ2) is 6.11. The number of nitrogens with one attached hydrogen (secondary N) is 1. The second-order valence-corrected chi connectivity index (χ2v) is 5.52. The number of aromatic nitrogens is 4. The largest absolute Gasteiger partial charge is 0.363 e. The molecular weight excluding hydrogens is 250 g/mol. The summed E-state index contributed by atoms with van der Waals surface area (Å²) in [7, 11) is 0. The van der Waals surface area contributed by atoms with Gasteiger partial charge >= 0.3 is 0 Å². The van der Waals surface area contributed by atoms with Crippen LogP contribution in [-0.2, 0) is 13.1 Å². The van der Waals surface area contributed by atoms with Gasteiger partial charge in [0, 0.05) is 25.0 Å². The topological polar surface area (TPSA) is 47.7 Å². The first-order chi connectivity index (χ1) is 9.86. The van der Waals surface area contributed by atoms with Crippen molar-refractivity contribution >= 4 is 5.82 Å². The molecule has 1 N–H and O–H groups in total. The molecule has 0 amide bonds. The SMILES string of the molecule is CCCn1ccc(NCc2ccnn2C2CCCC2)n1. The Labute approximate surface area is 120 Å². The molecule has 2 aromatic heterocycles. The Balaban J connectivity index is 1.61. The van der Waals surface area contributed by atoms with E-state index < -0.39 is 0 Å². The first-order valence-corrected chi connectivity index (χ1v) is 7.66. The van der Waals surface area contributed by atoms with Crippen molar-refractivity contribution < 1.29 is 0 Å². The number of hydrogen-bond acceptors (Lipinski definition) is 3. The predicted octanol–water partition coefficient (Wildman–Crippen LogP) is 3.22. The van der Waals surface area contributed by atoms with Gasteiger partial charge in [-0.2, -0.15) is 10.2 Å². The van der Waals surface area contributed by atoms with Crippen molar-refractivity contribution in [2.45, 2.75) is 58.2 Å². The number of anilines is 1. The minimum atomic E-state index is 0.597. The van der Waals surface area contributed by atoms with E-state index in [0.717, 1.165) is 25.3 Å². The zero-order valence-electron chi connectivity index (χ0n) is 12.1. The zero-order chi connectivity index (χ0) is 13.8. The maximum absolute atomic E-state index is 4.50. The lowest BCUT2D eigenvalue weighted by atomic mass is 10.2. The van der Waals surface area contributed by atoms with Gasteiger partial charge in [0.15, 0.2) is 0 Å². The van der Waals surface area contributed by atoms with Crippen LogP contribution in [0.25, 0.3) is 0 Å². The molecule has 3 rings (SSSR count). The summed E-state index contributed by atoms with van der Waals surface area (Å²) in [4.78, 5) is 0. The first-order valence-electron chi connectivity index (χ1n) is 7.66. The van der Waals surface area contributed by atoms with E-state index in [0.29, 0.717) is 6.04 Å². The van der Waals surface area contributed by atoms with Crippen LogP contribution in [0.1, 0.15) is 50.8 Å². The lowest BCUT2D eigenvalue weighted by molar-refractivity contribution is 0.452. The highest BCUT2D eigenvalue weighted by molar-refractivity contribution is 5.32. The maximum Gasteiger partial charge on any atom is 0.148 e. The van der Waals surface area contributed by atoms with Crippen LogP contribution in [-0.4, -0.2) is 19.6 Å². The Morgan fingerprint density at radius 1 is 1.30 bits per heavy atom. The molecule has 1 saturated carbocycles. The van der Waals surface area contributed by atoms with Gasteiger partial charge in [0.1, 0.15) is 5.82 Å². The van der Waals surface area contributed by atoms with Gasteiger partial charge in [0.2, 0.25) is 0 Å². The minimum Gasteiger partial charge on any atom is -0.363 e. The van der Waals surface area contributed by atoms with E-state index >= 15 is 0 Å². The van der Waals surface area contributed by atoms with Crippen LogP contribution in [0.15, 0.2) is 24.5 Å². The molecule has 5 nitrogen and oxygen atoms in total. The first kappa shape index (κ1) is 13.2. The van der Waals surface area contributed by atoms with Crippen LogP contribution in [0, 0.1) is 0 Å². The van der Waals surface area contributed by atoms with Crippen LogP contribution < -0.4 is 5.32 Å². The summed E-state index contributed by atoms with van der Waals surface area (Å²) in [5, 5.41) is 12.4. The highest BCUT2D eigenvalue weighted by Gasteiger charge is 2.19. The van der Waals surface area contributed by atoms with Crippen LogP contribution >= 0.6 is 0 Å². The Morgan fingerprint density at radius 3 is 2.95 bits per heavy atom. The molecule has 0 bridgehead atoms. The molecule has 1 aliphatic rings. The van der Waals surface area contributed by atoms with E-state index in [1.54, 1.807) is 0 Å². The average Bonchev–Trinajstić information content (AvgIpc) is 3.18. The highest BCUT2D eigenvalue weighted by atomic mass is 15.3. The van der Waals surface area contributed by atoms with E-state index in [1.165, 1.54) is 31.4 Å². The molecular formula is C15H23N5. The van der Waals surface area contributed by atoms with Crippen LogP contribution in [0.5, 0.6) is 0 Å². The van der Waals surface area contributed by atoms with Crippen molar-refractivity contribution in [3.63, 3.8) is 0 Å². The molecule has 1 fully saturated rings. The third-order valence-corrected chi connectivity index (χ3v) is 3.97. The van der Waals surface area contributed by atoms with Crippen molar-refractivity contribution in [2.75, 3.05) is 5.32 Å². The molecule has 0 spiro atoms. The van der Waals surface area contributed by atoms with Gasteiger partial charge in [-0.1, -0.05) is 19.8 Å². The average molecular weight is 273 g/mol. The van der Waals surface area contributed by atoms with Crippen molar-refractivity contribution in [1.29, 1.82) is 0 Å². The van der Waals surface area contributed by atoms with E-state index in [2.05, 4.69) is 33.2 Å². The Bertz CT molecular complexity index is 536. The molecule has 2 heterocycles. The molecule has 0 aliphatic heterocycles. The number of nitrogens with zero attached hydrogens (tertiary/aromatic N) is 4. The van der Waals surface area contributed by atoms with Crippen molar-refractivity contribution in [3.8, 4) is 0 Å². The monoisotopic (exact) mass is 273 g/mol. The van der Waals surface area contributed by atoms with Gasteiger partial charge in [-0.05, 0) is 25.3 Å². The van der Waals surface area contributed by atoms with E-state index in [9.17, 15) is 0 Å². The zero-order valence-corrected chi connectivity index (χ0v) is 12.1. The normalized spacial score (nSPS) is 15.8. The third-order valence-electron chi connectivity index (χ3n) is 3.97. The van der Waals surface area contributed by atoms with Crippen molar-refractivity contribution in [2.24, 2.45) is 0 Å². The molecule has 0 atom stereocenters. The van der Waals surface area contributed by atoms with Crippen LogP contribution in [0.3, 0.4) is 0 Å². The van der Waals surface area contributed by atoms with Crippen molar-refractivity contribution in [3.05, 3.63) is 30.2 Å². The van der Waals surface area contributed by atoms with Gasteiger partial charge in [-0.3, -0.25) is 9.36 Å².